The van der Waals surface area contributed by atoms with E-state index in [-0.39, 0.29) is 11.4 Å². The van der Waals surface area contributed by atoms with E-state index in [2.05, 4.69) is 0 Å². The Hall–Kier alpha value is -1.45. The fourth-order valence-electron chi connectivity index (χ4n) is 1.96. The van der Waals surface area contributed by atoms with Crippen LogP contribution in [0.1, 0.15) is 22.8 Å². The van der Waals surface area contributed by atoms with Gasteiger partial charge in [0.15, 0.2) is 0 Å². The summed E-state index contributed by atoms with van der Waals surface area (Å²) in [5.74, 6) is -0.918. The summed E-state index contributed by atoms with van der Waals surface area (Å²) in [4.78, 5) is 0. The van der Waals surface area contributed by atoms with Crippen molar-refractivity contribution >= 4 is 11.6 Å². The molecule has 0 aliphatic heterocycles. The SMILES string of the molecule is Cc1cc(F)cc(C(O)Cc2ccc(Cl)c(F)c2)c1. The molecule has 2 aromatic carbocycles. The highest BCUT2D eigenvalue weighted by molar-refractivity contribution is 6.30. The van der Waals surface area contributed by atoms with Crippen molar-refractivity contribution in [1.29, 1.82) is 0 Å². The maximum Gasteiger partial charge on any atom is 0.142 e. The average molecular weight is 283 g/mol. The van der Waals surface area contributed by atoms with Crippen molar-refractivity contribution in [1.82, 2.24) is 0 Å². The van der Waals surface area contributed by atoms with Gasteiger partial charge >= 0.3 is 0 Å². The van der Waals surface area contributed by atoms with Crippen molar-refractivity contribution in [3.8, 4) is 0 Å². The fourth-order valence-corrected chi connectivity index (χ4v) is 2.08. The van der Waals surface area contributed by atoms with E-state index in [1.165, 1.54) is 24.3 Å². The lowest BCUT2D eigenvalue weighted by Gasteiger charge is -2.12. The summed E-state index contributed by atoms with van der Waals surface area (Å²) in [6.45, 7) is 1.75. The number of aliphatic hydroxyl groups is 1. The lowest BCUT2D eigenvalue weighted by Crippen LogP contribution is -2.03. The van der Waals surface area contributed by atoms with Gasteiger partial charge in [0, 0.05) is 6.42 Å². The second-order valence-electron chi connectivity index (χ2n) is 4.53. The molecule has 19 heavy (non-hydrogen) atoms. The van der Waals surface area contributed by atoms with Gasteiger partial charge in [-0.2, -0.15) is 0 Å². The topological polar surface area (TPSA) is 20.2 Å². The molecule has 4 heteroatoms. The summed E-state index contributed by atoms with van der Waals surface area (Å²) in [6.07, 6.45) is -0.674. The highest BCUT2D eigenvalue weighted by atomic mass is 35.5. The molecule has 2 aromatic rings. The van der Waals surface area contributed by atoms with E-state index in [0.29, 0.717) is 11.1 Å². The third-order valence-electron chi connectivity index (χ3n) is 2.86. The molecule has 100 valence electrons. The van der Waals surface area contributed by atoms with Gasteiger partial charge in [-0.25, -0.2) is 8.78 Å². The van der Waals surface area contributed by atoms with Crippen LogP contribution in [0.5, 0.6) is 0 Å². The quantitative estimate of drug-likeness (QED) is 0.894. The first-order valence-electron chi connectivity index (χ1n) is 5.85. The van der Waals surface area contributed by atoms with Crippen molar-refractivity contribution in [2.75, 3.05) is 0 Å². The Kier molecular flexibility index (Phi) is 4.17. The van der Waals surface area contributed by atoms with E-state index in [1.807, 2.05) is 0 Å². The maximum absolute atomic E-state index is 13.3. The van der Waals surface area contributed by atoms with E-state index < -0.39 is 17.7 Å². The Morgan fingerprint density at radius 1 is 1.16 bits per heavy atom. The van der Waals surface area contributed by atoms with E-state index in [0.717, 1.165) is 5.56 Å². The van der Waals surface area contributed by atoms with Crippen molar-refractivity contribution in [2.24, 2.45) is 0 Å². The summed E-state index contributed by atoms with van der Waals surface area (Å²) in [5.41, 5.74) is 1.82. The van der Waals surface area contributed by atoms with Crippen LogP contribution >= 0.6 is 11.6 Å². The van der Waals surface area contributed by atoms with Crippen LogP contribution in [0.2, 0.25) is 5.02 Å². The van der Waals surface area contributed by atoms with Crippen LogP contribution in [0.25, 0.3) is 0 Å². The van der Waals surface area contributed by atoms with E-state index in [4.69, 9.17) is 11.6 Å². The van der Waals surface area contributed by atoms with Gasteiger partial charge in [-0.1, -0.05) is 23.7 Å². The van der Waals surface area contributed by atoms with Gasteiger partial charge < -0.3 is 5.11 Å². The van der Waals surface area contributed by atoms with Crippen molar-refractivity contribution in [3.63, 3.8) is 0 Å². The number of rotatable bonds is 3. The van der Waals surface area contributed by atoms with Crippen molar-refractivity contribution in [2.45, 2.75) is 19.4 Å². The molecule has 1 atom stereocenters. The zero-order chi connectivity index (χ0) is 14.0. The molecule has 0 aliphatic rings. The molecule has 2 rings (SSSR count). The summed E-state index contributed by atoms with van der Waals surface area (Å²) in [6, 6.07) is 8.73. The van der Waals surface area contributed by atoms with Crippen LogP contribution in [0.4, 0.5) is 8.78 Å². The van der Waals surface area contributed by atoms with E-state index in [9.17, 15) is 13.9 Å². The molecule has 0 aromatic heterocycles. The van der Waals surface area contributed by atoms with Gasteiger partial charge in [-0.3, -0.25) is 0 Å². The maximum atomic E-state index is 13.3. The fraction of sp³-hybridized carbons (Fsp3) is 0.200. The molecule has 1 nitrogen and oxygen atoms in total. The lowest BCUT2D eigenvalue weighted by atomic mass is 10.00. The Morgan fingerprint density at radius 3 is 2.53 bits per heavy atom. The number of hydrogen-bond acceptors (Lipinski definition) is 1. The largest absolute Gasteiger partial charge is 0.388 e. The molecule has 0 spiro atoms. The van der Waals surface area contributed by atoms with Gasteiger partial charge in [-0.05, 0) is 47.9 Å². The smallest absolute Gasteiger partial charge is 0.142 e. The van der Waals surface area contributed by atoms with Crippen LogP contribution in [0.3, 0.4) is 0 Å². The molecule has 0 heterocycles. The minimum atomic E-state index is -0.880. The first-order valence-corrected chi connectivity index (χ1v) is 6.22. The van der Waals surface area contributed by atoms with Crippen molar-refractivity contribution < 1.29 is 13.9 Å². The highest BCUT2D eigenvalue weighted by Crippen LogP contribution is 2.23. The first kappa shape index (κ1) is 14.0. The second kappa shape index (κ2) is 5.68. The molecule has 0 fully saturated rings. The zero-order valence-electron chi connectivity index (χ0n) is 10.3. The number of hydrogen-bond donors (Lipinski definition) is 1. The van der Waals surface area contributed by atoms with Crippen LogP contribution in [-0.2, 0) is 6.42 Å². The second-order valence-corrected chi connectivity index (χ2v) is 4.94. The van der Waals surface area contributed by atoms with Gasteiger partial charge in [0.05, 0.1) is 11.1 Å². The Labute approximate surface area is 115 Å². The molecule has 0 bridgehead atoms. The zero-order valence-corrected chi connectivity index (χ0v) is 11.1. The van der Waals surface area contributed by atoms with Crippen LogP contribution in [0.15, 0.2) is 36.4 Å². The molecule has 0 amide bonds. The first-order chi connectivity index (χ1) is 8.95. The minimum absolute atomic E-state index is 0.0415. The minimum Gasteiger partial charge on any atom is -0.388 e. The van der Waals surface area contributed by atoms with Crippen LogP contribution in [-0.4, -0.2) is 5.11 Å². The highest BCUT2D eigenvalue weighted by Gasteiger charge is 2.11. The van der Waals surface area contributed by atoms with Crippen molar-refractivity contribution in [3.05, 3.63) is 69.7 Å². The molecule has 0 aliphatic carbocycles. The summed E-state index contributed by atoms with van der Waals surface area (Å²) in [7, 11) is 0. The molecule has 1 unspecified atom stereocenters. The predicted octanol–water partition coefficient (Wildman–Crippen LogP) is 4.20. The average Bonchev–Trinajstić information content (AvgIpc) is 2.32. The van der Waals surface area contributed by atoms with Gasteiger partial charge in [0.1, 0.15) is 11.6 Å². The number of aliphatic hydroxyl groups excluding tert-OH is 1. The van der Waals surface area contributed by atoms with Gasteiger partial charge in [0.2, 0.25) is 0 Å². The van der Waals surface area contributed by atoms with Crippen LogP contribution in [0, 0.1) is 18.6 Å². The standard InChI is InChI=1S/C15H13ClF2O/c1-9-4-11(8-12(17)5-9)15(19)7-10-2-3-13(16)14(18)6-10/h2-6,8,15,19H,7H2,1H3. The van der Waals surface area contributed by atoms with Gasteiger partial charge in [-0.15, -0.1) is 0 Å². The number of aryl methyl sites for hydroxylation is 1. The van der Waals surface area contributed by atoms with E-state index >= 15 is 0 Å². The summed E-state index contributed by atoms with van der Waals surface area (Å²) < 4.78 is 26.5. The lowest BCUT2D eigenvalue weighted by molar-refractivity contribution is 0.178. The number of halogens is 3. The molecular formula is C15H13ClF2O. The Morgan fingerprint density at radius 2 is 1.89 bits per heavy atom. The van der Waals surface area contributed by atoms with E-state index in [1.54, 1.807) is 19.1 Å². The predicted molar refractivity (Wildman–Crippen MR) is 71.2 cm³/mol. The third-order valence-corrected chi connectivity index (χ3v) is 3.17. The Balaban J connectivity index is 2.20. The normalized spacial score (nSPS) is 12.5. The molecular weight excluding hydrogens is 270 g/mol. The number of benzene rings is 2. The molecule has 0 saturated heterocycles. The van der Waals surface area contributed by atoms with Gasteiger partial charge in [0.25, 0.3) is 0 Å². The molecule has 0 radical (unpaired) electrons. The monoisotopic (exact) mass is 282 g/mol. The molecule has 1 N–H and O–H groups in total. The van der Waals surface area contributed by atoms with Crippen LogP contribution < -0.4 is 0 Å². The molecule has 0 saturated carbocycles. The third kappa shape index (κ3) is 3.52. The summed E-state index contributed by atoms with van der Waals surface area (Å²) in [5, 5.41) is 10.1. The summed E-state index contributed by atoms with van der Waals surface area (Å²) >= 11 is 5.59. The Bertz CT molecular complexity index is 578.